The number of rotatable bonds is 6. The summed E-state index contributed by atoms with van der Waals surface area (Å²) in [7, 11) is 0. The van der Waals surface area contributed by atoms with Gasteiger partial charge in [0.15, 0.2) is 5.69 Å². The summed E-state index contributed by atoms with van der Waals surface area (Å²) in [5.41, 5.74) is 1.36. The molecule has 0 spiro atoms. The summed E-state index contributed by atoms with van der Waals surface area (Å²) >= 11 is 0. The van der Waals surface area contributed by atoms with E-state index >= 15 is 0 Å². The van der Waals surface area contributed by atoms with Gasteiger partial charge in [-0.2, -0.15) is 0 Å². The molecular weight excluding hydrogens is 384 g/mol. The highest BCUT2D eigenvalue weighted by Crippen LogP contribution is 2.21. The third-order valence-corrected chi connectivity index (χ3v) is 4.97. The molecule has 1 aromatic carbocycles. The molecule has 1 aliphatic rings. The van der Waals surface area contributed by atoms with Crippen LogP contribution >= 0.6 is 12.4 Å². The van der Waals surface area contributed by atoms with Crippen LogP contribution in [0.25, 0.3) is 5.69 Å². The number of likely N-dealkylation sites (tertiary alicyclic amines) is 1. The van der Waals surface area contributed by atoms with Crippen LogP contribution in [0.1, 0.15) is 35.9 Å². The SMILES string of the molecule is CCNCC1CCN(C(=O)c2nnn(-c3cccc([N+](=O)[O-])c3)c2C)CC1.Cl. The van der Waals surface area contributed by atoms with Crippen molar-refractivity contribution in [3.63, 3.8) is 0 Å². The number of hydrogen-bond acceptors (Lipinski definition) is 6. The molecule has 0 radical (unpaired) electrons. The Morgan fingerprint density at radius 2 is 2.07 bits per heavy atom. The number of halogens is 1. The smallest absolute Gasteiger partial charge is 0.276 e. The number of carbonyl (C=O) groups excluding carboxylic acids is 1. The molecular formula is C18H25ClN6O3. The highest BCUT2D eigenvalue weighted by Gasteiger charge is 2.27. The van der Waals surface area contributed by atoms with Gasteiger partial charge in [-0.1, -0.05) is 18.2 Å². The largest absolute Gasteiger partial charge is 0.337 e. The molecule has 0 saturated carbocycles. The van der Waals surface area contributed by atoms with Gasteiger partial charge in [0.25, 0.3) is 11.6 Å². The molecule has 1 fully saturated rings. The van der Waals surface area contributed by atoms with E-state index in [1.165, 1.54) is 16.8 Å². The summed E-state index contributed by atoms with van der Waals surface area (Å²) in [6.45, 7) is 7.20. The number of nitro groups is 1. The molecule has 3 rings (SSSR count). The maximum Gasteiger partial charge on any atom is 0.276 e. The number of benzene rings is 1. The first kappa shape index (κ1) is 21.8. The van der Waals surface area contributed by atoms with E-state index in [-0.39, 0.29) is 24.0 Å². The van der Waals surface area contributed by atoms with E-state index in [9.17, 15) is 14.9 Å². The number of carbonyl (C=O) groups is 1. The zero-order chi connectivity index (χ0) is 19.4. The molecule has 152 valence electrons. The van der Waals surface area contributed by atoms with Crippen molar-refractivity contribution in [1.29, 1.82) is 0 Å². The van der Waals surface area contributed by atoms with Crippen LogP contribution in [0.4, 0.5) is 5.69 Å². The van der Waals surface area contributed by atoms with Gasteiger partial charge in [-0.25, -0.2) is 4.68 Å². The summed E-state index contributed by atoms with van der Waals surface area (Å²) in [6.07, 6.45) is 1.94. The van der Waals surface area contributed by atoms with Crippen LogP contribution < -0.4 is 5.32 Å². The van der Waals surface area contributed by atoms with Gasteiger partial charge in [-0.3, -0.25) is 14.9 Å². The fourth-order valence-corrected chi connectivity index (χ4v) is 3.35. The maximum atomic E-state index is 12.8. The molecule has 0 bridgehead atoms. The summed E-state index contributed by atoms with van der Waals surface area (Å²) < 4.78 is 1.47. The lowest BCUT2D eigenvalue weighted by molar-refractivity contribution is -0.384. The van der Waals surface area contributed by atoms with Gasteiger partial charge in [-0.15, -0.1) is 17.5 Å². The average Bonchev–Trinajstić information content (AvgIpc) is 3.07. The van der Waals surface area contributed by atoms with Gasteiger partial charge in [-0.05, 0) is 44.8 Å². The lowest BCUT2D eigenvalue weighted by atomic mass is 9.96. The predicted octanol–water partition coefficient (Wildman–Crippen LogP) is 2.37. The highest BCUT2D eigenvalue weighted by molar-refractivity contribution is 5.93. The third kappa shape index (κ3) is 4.66. The van der Waals surface area contributed by atoms with Crippen LogP contribution in [0.5, 0.6) is 0 Å². The molecule has 0 unspecified atom stereocenters. The molecule has 1 aliphatic heterocycles. The zero-order valence-electron chi connectivity index (χ0n) is 16.0. The van der Waals surface area contributed by atoms with Gasteiger partial charge >= 0.3 is 0 Å². The molecule has 1 N–H and O–H groups in total. The number of nitrogens with one attached hydrogen (secondary N) is 1. The van der Waals surface area contributed by atoms with Crippen molar-refractivity contribution in [3.8, 4) is 5.69 Å². The second-order valence-electron chi connectivity index (χ2n) is 6.76. The molecule has 1 aromatic heterocycles. The van der Waals surface area contributed by atoms with E-state index < -0.39 is 4.92 Å². The van der Waals surface area contributed by atoms with E-state index in [1.54, 1.807) is 19.1 Å². The summed E-state index contributed by atoms with van der Waals surface area (Å²) in [4.78, 5) is 25.2. The van der Waals surface area contributed by atoms with Crippen LogP contribution in [0, 0.1) is 23.0 Å². The van der Waals surface area contributed by atoms with Crippen LogP contribution in [-0.4, -0.2) is 56.9 Å². The van der Waals surface area contributed by atoms with Crippen molar-refractivity contribution in [2.24, 2.45) is 5.92 Å². The van der Waals surface area contributed by atoms with Gasteiger partial charge in [0, 0.05) is 25.2 Å². The van der Waals surface area contributed by atoms with Crippen molar-refractivity contribution >= 4 is 24.0 Å². The number of amides is 1. The topological polar surface area (TPSA) is 106 Å². The van der Waals surface area contributed by atoms with E-state index in [0.717, 1.165) is 25.9 Å². The van der Waals surface area contributed by atoms with Crippen molar-refractivity contribution < 1.29 is 9.72 Å². The minimum atomic E-state index is -0.459. The third-order valence-electron chi connectivity index (χ3n) is 4.97. The predicted molar refractivity (Wildman–Crippen MR) is 107 cm³/mol. The molecule has 28 heavy (non-hydrogen) atoms. The van der Waals surface area contributed by atoms with Crippen molar-refractivity contribution in [2.75, 3.05) is 26.2 Å². The summed E-state index contributed by atoms with van der Waals surface area (Å²) in [5, 5.41) is 22.4. The fraction of sp³-hybridized carbons (Fsp3) is 0.500. The van der Waals surface area contributed by atoms with Gasteiger partial charge in [0.2, 0.25) is 0 Å². The normalized spacial score (nSPS) is 14.6. The Bertz CT molecular complexity index is 832. The second kappa shape index (κ2) is 9.61. The number of non-ortho nitro benzene ring substituents is 1. The van der Waals surface area contributed by atoms with Crippen LogP contribution in [0.2, 0.25) is 0 Å². The molecule has 2 aromatic rings. The zero-order valence-corrected chi connectivity index (χ0v) is 16.8. The van der Waals surface area contributed by atoms with Gasteiger partial charge in [0.05, 0.1) is 16.3 Å². The van der Waals surface area contributed by atoms with Gasteiger partial charge in [0.1, 0.15) is 0 Å². The molecule has 2 heterocycles. The van der Waals surface area contributed by atoms with Crippen LogP contribution in [0.15, 0.2) is 24.3 Å². The first-order chi connectivity index (χ1) is 13.0. The number of hydrogen-bond donors (Lipinski definition) is 1. The fourth-order valence-electron chi connectivity index (χ4n) is 3.35. The molecule has 0 atom stereocenters. The van der Waals surface area contributed by atoms with Gasteiger partial charge < -0.3 is 10.2 Å². The van der Waals surface area contributed by atoms with E-state index in [4.69, 9.17) is 0 Å². The Balaban J connectivity index is 0.00000280. The molecule has 0 aliphatic carbocycles. The van der Waals surface area contributed by atoms with Crippen molar-refractivity contribution in [3.05, 3.63) is 45.8 Å². The maximum absolute atomic E-state index is 12.8. The lowest BCUT2D eigenvalue weighted by Gasteiger charge is -2.31. The molecule has 1 amide bonds. The minimum Gasteiger partial charge on any atom is -0.337 e. The van der Waals surface area contributed by atoms with Crippen LogP contribution in [-0.2, 0) is 0 Å². The summed E-state index contributed by atoms with van der Waals surface area (Å²) in [6, 6.07) is 6.13. The highest BCUT2D eigenvalue weighted by atomic mass is 35.5. The lowest BCUT2D eigenvalue weighted by Crippen LogP contribution is -2.41. The minimum absolute atomic E-state index is 0. The van der Waals surface area contributed by atoms with Crippen molar-refractivity contribution in [1.82, 2.24) is 25.2 Å². The molecule has 1 saturated heterocycles. The Morgan fingerprint density at radius 3 is 2.71 bits per heavy atom. The quantitative estimate of drug-likeness (QED) is 0.581. The van der Waals surface area contributed by atoms with Crippen molar-refractivity contribution in [2.45, 2.75) is 26.7 Å². The number of aromatic nitrogens is 3. The summed E-state index contributed by atoms with van der Waals surface area (Å²) in [5.74, 6) is 0.460. The standard InChI is InChI=1S/C18H24N6O3.ClH/c1-3-19-12-14-7-9-22(10-8-14)18(25)17-13(2)23(21-20-17)15-5-4-6-16(11-15)24(26)27;/h4-6,11,14,19H,3,7-10,12H2,1-2H3;1H. The Kier molecular flexibility index (Phi) is 7.47. The first-order valence-corrected chi connectivity index (χ1v) is 9.18. The number of nitrogens with zero attached hydrogens (tertiary/aromatic N) is 5. The monoisotopic (exact) mass is 408 g/mol. The Morgan fingerprint density at radius 1 is 1.36 bits per heavy atom. The Hall–Kier alpha value is -2.52. The number of piperidine rings is 1. The van der Waals surface area contributed by atoms with E-state index in [1.807, 2.05) is 4.90 Å². The van der Waals surface area contributed by atoms with E-state index in [0.29, 0.717) is 36.1 Å². The molecule has 10 heteroatoms. The number of nitro benzene ring substituents is 1. The van der Waals surface area contributed by atoms with E-state index in [2.05, 4.69) is 22.6 Å². The molecule has 9 nitrogen and oxygen atoms in total. The van der Waals surface area contributed by atoms with Crippen LogP contribution in [0.3, 0.4) is 0 Å². The average molecular weight is 409 g/mol. The second-order valence-corrected chi connectivity index (χ2v) is 6.76. The first-order valence-electron chi connectivity index (χ1n) is 9.18. The Labute approximate surface area is 169 Å².